The van der Waals surface area contributed by atoms with Gasteiger partial charge in [-0.15, -0.1) is 0 Å². The number of carbonyl (C=O) groups is 8. The Kier molecular flexibility index (Phi) is 15.6. The predicted octanol–water partition coefficient (Wildman–Crippen LogP) is -1.83. The lowest BCUT2D eigenvalue weighted by Crippen LogP contribution is -2.62. The van der Waals surface area contributed by atoms with Crippen LogP contribution in [0.4, 0.5) is 22.7 Å². The molecule has 0 bridgehead atoms. The van der Waals surface area contributed by atoms with Crippen LogP contribution in [0.2, 0.25) is 0 Å². The van der Waals surface area contributed by atoms with Gasteiger partial charge >= 0.3 is 35.8 Å². The van der Waals surface area contributed by atoms with Gasteiger partial charge in [0, 0.05) is 64.8 Å². The Balaban J connectivity index is 1.96. The number of nitrogens with zero attached hydrogens (tertiary/aromatic N) is 2. The molecule has 28 nitrogen and oxygen atoms in total. The quantitative estimate of drug-likeness (QED) is 0.0171. The summed E-state index contributed by atoms with van der Waals surface area (Å²) in [6, 6.07) is 9.08. The Morgan fingerprint density at radius 2 is 0.710 bits per heavy atom. The van der Waals surface area contributed by atoms with Crippen LogP contribution >= 0.6 is 0 Å². The van der Waals surface area contributed by atoms with Crippen LogP contribution < -0.4 is 45.4 Å². The summed E-state index contributed by atoms with van der Waals surface area (Å²) < 4.78 is 19.5. The number of ketones is 2. The second kappa shape index (κ2) is 19.0. The van der Waals surface area contributed by atoms with Crippen molar-refractivity contribution in [2.75, 3.05) is 11.0 Å². The lowest BCUT2D eigenvalue weighted by Gasteiger charge is -2.31. The first-order chi connectivity index (χ1) is 28.2. The standard InChI is InChI=1S/C34H44N10O18/c1-29(35,23(47)57-31(3,37)25(49)59-33(5,39)27(51)61-41-17-7-11-19(12-8-17)43(53)54)21(45)15-16-22(46)30(2,36)24(48)58-32(4,38)26(50)60-34(6,40)28(52)62-42-18-9-13-20(14-10-18)44(55)56/h7-14,41-42H,15-16,35-40H2,1-6H3/t29-,30-,31+,32+,33+,34+/m1/s1. The van der Waals surface area contributed by atoms with Crippen molar-refractivity contribution in [3.8, 4) is 0 Å². The van der Waals surface area contributed by atoms with Crippen LogP contribution in [0.5, 0.6) is 0 Å². The summed E-state index contributed by atoms with van der Waals surface area (Å²) in [7, 11) is 0. The molecule has 0 aliphatic carbocycles. The number of non-ortho nitro benzene ring substituents is 2. The maximum absolute atomic E-state index is 13.0. The highest BCUT2D eigenvalue weighted by molar-refractivity contribution is 6.12. The number of rotatable bonds is 21. The Morgan fingerprint density at radius 1 is 0.468 bits per heavy atom. The highest BCUT2D eigenvalue weighted by Crippen LogP contribution is 2.22. The molecule has 0 spiro atoms. The summed E-state index contributed by atoms with van der Waals surface area (Å²) in [5, 5.41) is 21.6. The monoisotopic (exact) mass is 880 g/mol. The SMILES string of the molecule is C[C@@](N)(C(=O)CCC(=O)[C@@](C)(N)C(=O)O[C@](C)(N)C(=O)O[C@](C)(N)C(=O)ONc1ccc([N+](=O)[O-])cc1)C(=O)O[C@](C)(N)C(=O)O[C@](C)(N)C(=O)ONc1ccc([N+](=O)[O-])cc1. The average molecular weight is 881 g/mol. The molecule has 14 N–H and O–H groups in total. The summed E-state index contributed by atoms with van der Waals surface area (Å²) >= 11 is 0. The van der Waals surface area contributed by atoms with Crippen LogP contribution in [0.1, 0.15) is 54.4 Å². The molecule has 2 rings (SSSR count). The number of nitro groups is 2. The Morgan fingerprint density at radius 3 is 0.968 bits per heavy atom. The van der Waals surface area contributed by atoms with Crippen molar-refractivity contribution >= 4 is 70.1 Å². The lowest BCUT2D eigenvalue weighted by atomic mass is 9.89. The number of hydrogen-bond donors (Lipinski definition) is 8. The zero-order valence-electron chi connectivity index (χ0n) is 33.7. The van der Waals surface area contributed by atoms with Gasteiger partial charge in [-0.3, -0.25) is 52.8 Å². The predicted molar refractivity (Wildman–Crippen MR) is 205 cm³/mol. The molecule has 62 heavy (non-hydrogen) atoms. The minimum atomic E-state index is -2.76. The number of hydrogen-bond acceptors (Lipinski definition) is 26. The number of esters is 4. The summed E-state index contributed by atoms with van der Waals surface area (Å²) in [4.78, 5) is 132. The fourth-order valence-corrected chi connectivity index (χ4v) is 4.04. The molecule has 0 heterocycles. The van der Waals surface area contributed by atoms with Crippen LogP contribution in [0.25, 0.3) is 0 Å². The van der Waals surface area contributed by atoms with Crippen molar-refractivity contribution in [2.45, 2.75) is 88.4 Å². The third kappa shape index (κ3) is 13.1. The van der Waals surface area contributed by atoms with E-state index in [4.69, 9.17) is 63.0 Å². The number of ether oxygens (including phenoxy) is 4. The van der Waals surface area contributed by atoms with Gasteiger partial charge in [0.05, 0.1) is 21.2 Å². The molecule has 2 aromatic carbocycles. The van der Waals surface area contributed by atoms with Crippen molar-refractivity contribution in [1.82, 2.24) is 0 Å². The van der Waals surface area contributed by atoms with Crippen LogP contribution in [-0.4, -0.2) is 91.2 Å². The lowest BCUT2D eigenvalue weighted by molar-refractivity contribution is -0.385. The Hall–Kier alpha value is -7.24. The number of Topliss-reactive ketones (excluding diaryl/α,β-unsaturated/α-hetero) is 2. The van der Waals surface area contributed by atoms with E-state index in [-0.39, 0.29) is 22.7 Å². The molecule has 0 aromatic heterocycles. The minimum Gasteiger partial charge on any atom is -0.431 e. The van der Waals surface area contributed by atoms with E-state index in [0.29, 0.717) is 0 Å². The van der Waals surface area contributed by atoms with Crippen molar-refractivity contribution in [3.63, 3.8) is 0 Å². The van der Waals surface area contributed by atoms with Crippen molar-refractivity contribution in [3.05, 3.63) is 68.8 Å². The van der Waals surface area contributed by atoms with Crippen molar-refractivity contribution in [2.24, 2.45) is 34.4 Å². The van der Waals surface area contributed by atoms with Gasteiger partial charge in [0.2, 0.25) is 0 Å². The first-order valence-electron chi connectivity index (χ1n) is 17.3. The van der Waals surface area contributed by atoms with Gasteiger partial charge in [-0.1, -0.05) is 0 Å². The molecule has 0 aliphatic rings. The van der Waals surface area contributed by atoms with E-state index < -0.39 is 104 Å². The topological polar surface area (TPSA) is 458 Å². The van der Waals surface area contributed by atoms with Gasteiger partial charge < -0.3 is 40.1 Å². The van der Waals surface area contributed by atoms with Gasteiger partial charge in [0.1, 0.15) is 0 Å². The highest BCUT2D eigenvalue weighted by atomic mass is 16.7. The van der Waals surface area contributed by atoms with E-state index in [1.165, 1.54) is 24.3 Å². The Labute approximate surface area is 349 Å². The van der Waals surface area contributed by atoms with Crippen LogP contribution in [0.15, 0.2) is 48.5 Å². The molecule has 0 amide bonds. The van der Waals surface area contributed by atoms with E-state index in [1.54, 1.807) is 0 Å². The molecule has 0 unspecified atom stereocenters. The Bertz CT molecular complexity index is 1970. The smallest absolute Gasteiger partial charge is 0.390 e. The normalized spacial score (nSPS) is 16.8. The van der Waals surface area contributed by atoms with E-state index in [2.05, 4.69) is 11.0 Å². The van der Waals surface area contributed by atoms with Crippen molar-refractivity contribution < 1.29 is 76.8 Å². The van der Waals surface area contributed by atoms with Gasteiger partial charge in [-0.2, -0.15) is 0 Å². The fraction of sp³-hybridized carbons (Fsp3) is 0.412. The molecule has 0 radical (unpaired) electrons. The van der Waals surface area contributed by atoms with Crippen LogP contribution in [-0.2, 0) is 67.0 Å². The second-order valence-corrected chi connectivity index (χ2v) is 14.3. The first kappa shape index (κ1) is 50.9. The van der Waals surface area contributed by atoms with E-state index in [9.17, 15) is 58.6 Å². The molecule has 338 valence electrons. The zero-order chi connectivity index (χ0) is 47.8. The van der Waals surface area contributed by atoms with Crippen LogP contribution in [0, 0.1) is 20.2 Å². The second-order valence-electron chi connectivity index (χ2n) is 14.3. The summed E-state index contributed by atoms with van der Waals surface area (Å²) in [6.07, 6.45) is -1.77. The van der Waals surface area contributed by atoms with Crippen molar-refractivity contribution in [1.29, 1.82) is 0 Å². The summed E-state index contributed by atoms with van der Waals surface area (Å²) in [6.45, 7) is 4.93. The first-order valence-corrected chi connectivity index (χ1v) is 17.3. The van der Waals surface area contributed by atoms with E-state index in [1.807, 2.05) is 0 Å². The number of carbonyl (C=O) groups excluding carboxylic acids is 8. The number of benzene rings is 2. The van der Waals surface area contributed by atoms with Gasteiger partial charge in [0.25, 0.3) is 34.3 Å². The van der Waals surface area contributed by atoms with Gasteiger partial charge in [-0.25, -0.2) is 39.7 Å². The molecular weight excluding hydrogens is 836 g/mol. The zero-order valence-corrected chi connectivity index (χ0v) is 33.7. The number of nitro benzene ring substituents is 2. The van der Waals surface area contributed by atoms with Gasteiger partial charge in [0.15, 0.2) is 22.6 Å². The van der Waals surface area contributed by atoms with E-state index >= 15 is 0 Å². The molecule has 0 fully saturated rings. The summed E-state index contributed by atoms with van der Waals surface area (Å²) in [5.41, 5.74) is 22.6. The van der Waals surface area contributed by atoms with Gasteiger partial charge in [-0.05, 0) is 38.1 Å². The molecule has 0 saturated carbocycles. The largest absolute Gasteiger partial charge is 0.431 e. The van der Waals surface area contributed by atoms with Crippen LogP contribution in [0.3, 0.4) is 0 Å². The number of nitrogens with one attached hydrogen (secondary N) is 2. The third-order valence-corrected chi connectivity index (χ3v) is 8.11. The highest BCUT2D eigenvalue weighted by Gasteiger charge is 2.50. The maximum Gasteiger partial charge on any atom is 0.390 e. The number of nitrogens with two attached hydrogens (primary N) is 6. The molecule has 28 heteroatoms. The van der Waals surface area contributed by atoms with E-state index in [0.717, 1.165) is 65.8 Å². The number of anilines is 2. The molecule has 6 atom stereocenters. The summed E-state index contributed by atoms with van der Waals surface area (Å²) in [5.74, 6) is -11.8. The average Bonchev–Trinajstić information content (AvgIpc) is 3.17. The molecule has 0 saturated heterocycles. The fourth-order valence-electron chi connectivity index (χ4n) is 4.04. The molecule has 2 aromatic rings. The molecule has 0 aliphatic heterocycles. The molecular formula is C34H44N10O18. The minimum absolute atomic E-state index is 0.0578. The third-order valence-electron chi connectivity index (χ3n) is 8.11. The maximum atomic E-state index is 13.0.